The van der Waals surface area contributed by atoms with Gasteiger partial charge in [0, 0.05) is 32.4 Å². The van der Waals surface area contributed by atoms with Crippen molar-refractivity contribution in [2.45, 2.75) is 19.4 Å². The van der Waals surface area contributed by atoms with Crippen LogP contribution in [0.4, 0.5) is 0 Å². The zero-order valence-electron chi connectivity index (χ0n) is 10.8. The van der Waals surface area contributed by atoms with Crippen molar-refractivity contribution in [3.05, 3.63) is 24.0 Å². The molecule has 1 saturated heterocycles. The van der Waals surface area contributed by atoms with Crippen molar-refractivity contribution in [2.24, 2.45) is 13.0 Å². The number of amides is 1. The number of piperidine rings is 1. The SMILES string of the molecule is CC1CN(C(=O)/C=C/c2ccnn2C)CCC1O. The first kappa shape index (κ1) is 12.8. The maximum atomic E-state index is 12.0. The van der Waals surface area contributed by atoms with Crippen LogP contribution in [-0.2, 0) is 11.8 Å². The smallest absolute Gasteiger partial charge is 0.246 e. The summed E-state index contributed by atoms with van der Waals surface area (Å²) in [4.78, 5) is 13.8. The van der Waals surface area contributed by atoms with Crippen LogP contribution in [0, 0.1) is 5.92 Å². The molecule has 1 fully saturated rings. The van der Waals surface area contributed by atoms with Gasteiger partial charge in [0.15, 0.2) is 0 Å². The van der Waals surface area contributed by atoms with Gasteiger partial charge in [0.05, 0.1) is 11.8 Å². The Hall–Kier alpha value is -1.62. The number of carbonyl (C=O) groups is 1. The molecule has 1 amide bonds. The van der Waals surface area contributed by atoms with E-state index in [2.05, 4.69) is 5.10 Å². The molecule has 0 bridgehead atoms. The number of hydrogen-bond acceptors (Lipinski definition) is 3. The highest BCUT2D eigenvalue weighted by molar-refractivity contribution is 5.91. The van der Waals surface area contributed by atoms with E-state index in [9.17, 15) is 9.90 Å². The summed E-state index contributed by atoms with van der Waals surface area (Å²) in [7, 11) is 1.84. The molecule has 1 aliphatic heterocycles. The summed E-state index contributed by atoms with van der Waals surface area (Å²) < 4.78 is 1.71. The number of nitrogens with zero attached hydrogens (tertiary/aromatic N) is 3. The minimum atomic E-state index is -0.282. The van der Waals surface area contributed by atoms with Gasteiger partial charge >= 0.3 is 0 Å². The lowest BCUT2D eigenvalue weighted by Gasteiger charge is -2.33. The second-order valence-electron chi connectivity index (χ2n) is 4.83. The van der Waals surface area contributed by atoms with Gasteiger partial charge in [-0.1, -0.05) is 6.92 Å². The second kappa shape index (κ2) is 5.35. The van der Waals surface area contributed by atoms with Gasteiger partial charge in [-0.25, -0.2) is 0 Å². The number of rotatable bonds is 2. The molecule has 0 aromatic carbocycles. The Kier molecular flexibility index (Phi) is 3.81. The molecule has 5 heteroatoms. The molecule has 98 valence electrons. The van der Waals surface area contributed by atoms with E-state index in [0.717, 1.165) is 5.69 Å². The van der Waals surface area contributed by atoms with Gasteiger partial charge in [0.2, 0.25) is 5.91 Å². The highest BCUT2D eigenvalue weighted by Gasteiger charge is 2.25. The first-order chi connectivity index (χ1) is 8.58. The number of aryl methyl sites for hydroxylation is 1. The van der Waals surface area contributed by atoms with Crippen molar-refractivity contribution in [2.75, 3.05) is 13.1 Å². The molecular weight excluding hydrogens is 230 g/mol. The molecule has 2 heterocycles. The van der Waals surface area contributed by atoms with E-state index < -0.39 is 0 Å². The Morgan fingerprint density at radius 3 is 3.00 bits per heavy atom. The molecule has 1 aromatic heterocycles. The normalized spacial score (nSPS) is 24.7. The Labute approximate surface area is 107 Å². The van der Waals surface area contributed by atoms with Gasteiger partial charge in [0.1, 0.15) is 0 Å². The minimum absolute atomic E-state index is 0.00468. The predicted molar refractivity (Wildman–Crippen MR) is 68.6 cm³/mol. The number of hydrogen-bond donors (Lipinski definition) is 1. The van der Waals surface area contributed by atoms with Crippen LogP contribution in [0.25, 0.3) is 6.08 Å². The molecule has 0 aliphatic carbocycles. The molecule has 2 unspecified atom stereocenters. The van der Waals surface area contributed by atoms with Crippen LogP contribution in [0.5, 0.6) is 0 Å². The molecule has 1 aromatic rings. The lowest BCUT2D eigenvalue weighted by Crippen LogP contribution is -2.44. The Morgan fingerprint density at radius 1 is 1.61 bits per heavy atom. The second-order valence-corrected chi connectivity index (χ2v) is 4.83. The average molecular weight is 249 g/mol. The van der Waals surface area contributed by atoms with Crippen molar-refractivity contribution in [1.29, 1.82) is 0 Å². The Morgan fingerprint density at radius 2 is 2.39 bits per heavy atom. The van der Waals surface area contributed by atoms with Gasteiger partial charge in [-0.05, 0) is 24.5 Å². The highest BCUT2D eigenvalue weighted by Crippen LogP contribution is 2.16. The summed E-state index contributed by atoms with van der Waals surface area (Å²) in [6.45, 7) is 3.21. The number of carbonyl (C=O) groups excluding carboxylic acids is 1. The molecule has 0 spiro atoms. The van der Waals surface area contributed by atoms with Gasteiger partial charge in [-0.2, -0.15) is 5.10 Å². The summed E-state index contributed by atoms with van der Waals surface area (Å²) in [6.07, 6.45) is 5.41. The minimum Gasteiger partial charge on any atom is -0.393 e. The third-order valence-electron chi connectivity index (χ3n) is 3.43. The first-order valence-corrected chi connectivity index (χ1v) is 6.21. The van der Waals surface area contributed by atoms with Crippen molar-refractivity contribution >= 4 is 12.0 Å². The first-order valence-electron chi connectivity index (χ1n) is 6.21. The quantitative estimate of drug-likeness (QED) is 0.783. The van der Waals surface area contributed by atoms with Gasteiger partial charge in [0.25, 0.3) is 0 Å². The Balaban J connectivity index is 1.96. The predicted octanol–water partition coefficient (Wildman–Crippen LogP) is 0.663. The molecule has 1 aliphatic rings. The zero-order chi connectivity index (χ0) is 13.1. The number of aliphatic hydroxyl groups is 1. The fraction of sp³-hybridized carbons (Fsp3) is 0.538. The highest BCUT2D eigenvalue weighted by atomic mass is 16.3. The third-order valence-corrected chi connectivity index (χ3v) is 3.43. The lowest BCUT2D eigenvalue weighted by atomic mass is 9.97. The number of aliphatic hydroxyl groups excluding tert-OH is 1. The van der Waals surface area contributed by atoms with Gasteiger partial charge in [-0.15, -0.1) is 0 Å². The Bertz CT molecular complexity index is 453. The summed E-state index contributed by atoms with van der Waals surface area (Å²) in [5.74, 6) is 0.141. The topological polar surface area (TPSA) is 58.4 Å². The van der Waals surface area contributed by atoms with Gasteiger partial charge in [-0.3, -0.25) is 9.48 Å². The standard InChI is InChI=1S/C13H19N3O2/c1-10-9-16(8-6-12(10)17)13(18)4-3-11-5-7-14-15(11)2/h3-5,7,10,12,17H,6,8-9H2,1-2H3/b4-3+. The molecule has 1 N–H and O–H groups in total. The fourth-order valence-electron chi connectivity index (χ4n) is 2.14. The molecule has 2 atom stereocenters. The van der Waals surface area contributed by atoms with E-state index in [-0.39, 0.29) is 17.9 Å². The summed E-state index contributed by atoms with van der Waals surface area (Å²) in [6, 6.07) is 1.85. The number of likely N-dealkylation sites (tertiary alicyclic amines) is 1. The zero-order valence-corrected chi connectivity index (χ0v) is 10.8. The maximum Gasteiger partial charge on any atom is 0.246 e. The van der Waals surface area contributed by atoms with Crippen LogP contribution in [-0.4, -0.2) is 44.9 Å². The maximum absolute atomic E-state index is 12.0. The van der Waals surface area contributed by atoms with E-state index in [1.165, 1.54) is 0 Å². The van der Waals surface area contributed by atoms with Crippen molar-refractivity contribution < 1.29 is 9.90 Å². The van der Waals surface area contributed by atoms with Crippen molar-refractivity contribution in [3.63, 3.8) is 0 Å². The van der Waals surface area contributed by atoms with E-state index in [4.69, 9.17) is 0 Å². The van der Waals surface area contributed by atoms with Gasteiger partial charge < -0.3 is 10.0 Å². The summed E-state index contributed by atoms with van der Waals surface area (Å²) in [5, 5.41) is 13.7. The van der Waals surface area contributed by atoms with E-state index in [0.29, 0.717) is 19.5 Å². The van der Waals surface area contributed by atoms with E-state index in [1.54, 1.807) is 27.9 Å². The fourth-order valence-corrected chi connectivity index (χ4v) is 2.14. The van der Waals surface area contributed by atoms with Crippen LogP contribution in [0.1, 0.15) is 19.0 Å². The summed E-state index contributed by atoms with van der Waals surface area (Å²) in [5.41, 5.74) is 0.897. The van der Waals surface area contributed by atoms with Crippen molar-refractivity contribution in [3.8, 4) is 0 Å². The molecule has 0 radical (unpaired) electrons. The largest absolute Gasteiger partial charge is 0.393 e. The molecule has 5 nitrogen and oxygen atoms in total. The third kappa shape index (κ3) is 2.79. The molecular formula is C13H19N3O2. The summed E-state index contributed by atoms with van der Waals surface area (Å²) >= 11 is 0. The van der Waals surface area contributed by atoms with Crippen LogP contribution in [0.3, 0.4) is 0 Å². The molecule has 2 rings (SSSR count). The van der Waals surface area contributed by atoms with Crippen molar-refractivity contribution in [1.82, 2.24) is 14.7 Å². The van der Waals surface area contributed by atoms with Crippen LogP contribution in [0.2, 0.25) is 0 Å². The molecule has 18 heavy (non-hydrogen) atoms. The van der Waals surface area contributed by atoms with E-state index >= 15 is 0 Å². The monoisotopic (exact) mass is 249 g/mol. The average Bonchev–Trinajstić information content (AvgIpc) is 2.75. The molecule has 0 saturated carbocycles. The van der Waals surface area contributed by atoms with Crippen LogP contribution < -0.4 is 0 Å². The van der Waals surface area contributed by atoms with E-state index in [1.807, 2.05) is 20.0 Å². The van der Waals surface area contributed by atoms with Crippen LogP contribution >= 0.6 is 0 Å². The lowest BCUT2D eigenvalue weighted by molar-refractivity contribution is -0.129. The number of aromatic nitrogens is 2. The van der Waals surface area contributed by atoms with Crippen LogP contribution in [0.15, 0.2) is 18.3 Å².